The largest absolute Gasteiger partial charge is 0.481 e. The summed E-state index contributed by atoms with van der Waals surface area (Å²) in [5.41, 5.74) is 0.595. The second kappa shape index (κ2) is 6.68. The SMILES string of the molecule is CCC(CNC(=O)c1ccccc1)CC(=O)O. The number of hydrogen-bond acceptors (Lipinski definition) is 2. The Morgan fingerprint density at radius 3 is 2.47 bits per heavy atom. The van der Waals surface area contributed by atoms with Gasteiger partial charge < -0.3 is 10.4 Å². The number of carboxylic acid groups (broad SMARTS) is 1. The third kappa shape index (κ3) is 4.68. The van der Waals surface area contributed by atoms with Crippen molar-refractivity contribution in [2.24, 2.45) is 5.92 Å². The minimum Gasteiger partial charge on any atom is -0.481 e. The highest BCUT2D eigenvalue weighted by atomic mass is 16.4. The average Bonchev–Trinajstić information content (AvgIpc) is 2.34. The van der Waals surface area contributed by atoms with Gasteiger partial charge in [0, 0.05) is 18.5 Å². The molecule has 1 rings (SSSR count). The van der Waals surface area contributed by atoms with Crippen LogP contribution in [-0.2, 0) is 4.79 Å². The van der Waals surface area contributed by atoms with Crippen molar-refractivity contribution in [3.63, 3.8) is 0 Å². The molecule has 92 valence electrons. The van der Waals surface area contributed by atoms with E-state index in [1.54, 1.807) is 24.3 Å². The second-order valence-corrected chi connectivity index (χ2v) is 3.95. The van der Waals surface area contributed by atoms with Crippen LogP contribution in [0, 0.1) is 5.92 Å². The van der Waals surface area contributed by atoms with E-state index in [9.17, 15) is 9.59 Å². The van der Waals surface area contributed by atoms with E-state index in [1.165, 1.54) is 0 Å². The van der Waals surface area contributed by atoms with Crippen molar-refractivity contribution >= 4 is 11.9 Å². The van der Waals surface area contributed by atoms with Gasteiger partial charge in [-0.15, -0.1) is 0 Å². The summed E-state index contributed by atoms with van der Waals surface area (Å²) in [6, 6.07) is 8.89. The molecule has 0 aliphatic carbocycles. The molecule has 4 heteroatoms. The van der Waals surface area contributed by atoms with Crippen LogP contribution in [0.15, 0.2) is 30.3 Å². The first-order valence-corrected chi connectivity index (χ1v) is 5.68. The Kier molecular flexibility index (Phi) is 5.20. The topological polar surface area (TPSA) is 66.4 Å². The van der Waals surface area contributed by atoms with Gasteiger partial charge in [-0.2, -0.15) is 0 Å². The molecule has 0 spiro atoms. The van der Waals surface area contributed by atoms with Gasteiger partial charge in [0.15, 0.2) is 0 Å². The molecule has 0 saturated heterocycles. The molecular weight excluding hydrogens is 218 g/mol. The number of carbonyl (C=O) groups is 2. The van der Waals surface area contributed by atoms with E-state index in [1.807, 2.05) is 13.0 Å². The molecule has 0 saturated carbocycles. The van der Waals surface area contributed by atoms with Gasteiger partial charge in [0.1, 0.15) is 0 Å². The summed E-state index contributed by atoms with van der Waals surface area (Å²) >= 11 is 0. The zero-order valence-corrected chi connectivity index (χ0v) is 9.85. The molecule has 4 nitrogen and oxygen atoms in total. The fourth-order valence-electron chi connectivity index (χ4n) is 1.54. The molecule has 0 fully saturated rings. The van der Waals surface area contributed by atoms with Crippen LogP contribution < -0.4 is 5.32 Å². The molecule has 1 amide bonds. The van der Waals surface area contributed by atoms with Crippen molar-refractivity contribution in [1.82, 2.24) is 5.32 Å². The first kappa shape index (κ1) is 13.2. The highest BCUT2D eigenvalue weighted by Gasteiger charge is 2.12. The Morgan fingerprint density at radius 1 is 1.29 bits per heavy atom. The van der Waals surface area contributed by atoms with Crippen molar-refractivity contribution in [1.29, 1.82) is 0 Å². The van der Waals surface area contributed by atoms with Gasteiger partial charge in [-0.25, -0.2) is 0 Å². The van der Waals surface area contributed by atoms with Crippen molar-refractivity contribution < 1.29 is 14.7 Å². The van der Waals surface area contributed by atoms with E-state index in [0.29, 0.717) is 12.1 Å². The third-order valence-corrected chi connectivity index (χ3v) is 2.63. The van der Waals surface area contributed by atoms with E-state index < -0.39 is 5.97 Å². The molecular formula is C13H17NO3. The maximum absolute atomic E-state index is 11.7. The van der Waals surface area contributed by atoms with Crippen molar-refractivity contribution in [2.45, 2.75) is 19.8 Å². The summed E-state index contributed by atoms with van der Waals surface area (Å²) in [5, 5.41) is 11.4. The number of rotatable bonds is 6. The summed E-state index contributed by atoms with van der Waals surface area (Å²) in [4.78, 5) is 22.3. The molecule has 0 aliphatic rings. The predicted molar refractivity (Wildman–Crippen MR) is 64.8 cm³/mol. The van der Waals surface area contributed by atoms with E-state index in [4.69, 9.17) is 5.11 Å². The van der Waals surface area contributed by atoms with Gasteiger partial charge >= 0.3 is 5.97 Å². The Morgan fingerprint density at radius 2 is 1.94 bits per heavy atom. The third-order valence-electron chi connectivity index (χ3n) is 2.63. The molecule has 1 atom stereocenters. The lowest BCUT2D eigenvalue weighted by Gasteiger charge is -2.13. The number of carboxylic acids is 1. The van der Waals surface area contributed by atoms with Crippen LogP contribution in [0.3, 0.4) is 0 Å². The minimum absolute atomic E-state index is 0.0137. The monoisotopic (exact) mass is 235 g/mol. The maximum atomic E-state index is 11.7. The molecule has 17 heavy (non-hydrogen) atoms. The molecule has 1 aromatic rings. The highest BCUT2D eigenvalue weighted by molar-refractivity contribution is 5.94. The van der Waals surface area contributed by atoms with E-state index in [2.05, 4.69) is 5.32 Å². The van der Waals surface area contributed by atoms with Crippen LogP contribution in [0.4, 0.5) is 0 Å². The second-order valence-electron chi connectivity index (χ2n) is 3.95. The van der Waals surface area contributed by atoms with Crippen LogP contribution in [0.5, 0.6) is 0 Å². The van der Waals surface area contributed by atoms with E-state index in [0.717, 1.165) is 6.42 Å². The first-order valence-electron chi connectivity index (χ1n) is 5.68. The Balaban J connectivity index is 2.44. The van der Waals surface area contributed by atoms with Crippen LogP contribution in [0.1, 0.15) is 30.1 Å². The summed E-state index contributed by atoms with van der Waals surface area (Å²) in [5.74, 6) is -1.000. The standard InChI is InChI=1S/C13H17NO3/c1-2-10(8-12(15)16)9-14-13(17)11-6-4-3-5-7-11/h3-7,10H,2,8-9H2,1H3,(H,14,17)(H,15,16). The van der Waals surface area contributed by atoms with Crippen molar-refractivity contribution in [2.75, 3.05) is 6.54 Å². The normalized spacial score (nSPS) is 11.8. The number of hydrogen-bond donors (Lipinski definition) is 2. The number of nitrogens with one attached hydrogen (secondary N) is 1. The van der Waals surface area contributed by atoms with Crippen LogP contribution in [0.2, 0.25) is 0 Å². The molecule has 1 aromatic carbocycles. The van der Waals surface area contributed by atoms with Gasteiger partial charge in [-0.1, -0.05) is 31.5 Å². The molecule has 0 aliphatic heterocycles. The van der Waals surface area contributed by atoms with Crippen molar-refractivity contribution in [3.05, 3.63) is 35.9 Å². The van der Waals surface area contributed by atoms with Crippen LogP contribution >= 0.6 is 0 Å². The zero-order valence-electron chi connectivity index (χ0n) is 9.85. The van der Waals surface area contributed by atoms with Gasteiger partial charge in [0.05, 0.1) is 0 Å². The zero-order chi connectivity index (χ0) is 12.7. The van der Waals surface area contributed by atoms with Gasteiger partial charge in [0.2, 0.25) is 0 Å². The van der Waals surface area contributed by atoms with Crippen LogP contribution in [0.25, 0.3) is 0 Å². The number of benzene rings is 1. The smallest absolute Gasteiger partial charge is 0.303 e. The summed E-state index contributed by atoms with van der Waals surface area (Å²) in [7, 11) is 0. The Bertz CT molecular complexity index is 376. The lowest BCUT2D eigenvalue weighted by atomic mass is 10.0. The predicted octanol–water partition coefficient (Wildman–Crippen LogP) is 1.92. The molecule has 0 aromatic heterocycles. The molecule has 1 unspecified atom stereocenters. The highest BCUT2D eigenvalue weighted by Crippen LogP contribution is 2.07. The number of amides is 1. The van der Waals surface area contributed by atoms with Gasteiger partial charge in [0.25, 0.3) is 5.91 Å². The van der Waals surface area contributed by atoms with Crippen LogP contribution in [-0.4, -0.2) is 23.5 Å². The summed E-state index contributed by atoms with van der Waals surface area (Å²) < 4.78 is 0. The van der Waals surface area contributed by atoms with E-state index >= 15 is 0 Å². The molecule has 0 heterocycles. The Hall–Kier alpha value is -1.84. The fourth-order valence-corrected chi connectivity index (χ4v) is 1.54. The van der Waals surface area contributed by atoms with E-state index in [-0.39, 0.29) is 18.2 Å². The number of carbonyl (C=O) groups excluding carboxylic acids is 1. The lowest BCUT2D eigenvalue weighted by Crippen LogP contribution is -2.30. The average molecular weight is 235 g/mol. The first-order chi connectivity index (χ1) is 8.13. The fraction of sp³-hybridized carbons (Fsp3) is 0.385. The van der Waals surface area contributed by atoms with Gasteiger partial charge in [-0.3, -0.25) is 9.59 Å². The quantitative estimate of drug-likeness (QED) is 0.791. The van der Waals surface area contributed by atoms with Gasteiger partial charge in [-0.05, 0) is 18.1 Å². The van der Waals surface area contributed by atoms with Crippen molar-refractivity contribution in [3.8, 4) is 0 Å². The number of aliphatic carboxylic acids is 1. The lowest BCUT2D eigenvalue weighted by molar-refractivity contribution is -0.138. The molecule has 0 bridgehead atoms. The maximum Gasteiger partial charge on any atom is 0.303 e. The summed E-state index contributed by atoms with van der Waals surface area (Å²) in [6.45, 7) is 2.32. The summed E-state index contributed by atoms with van der Waals surface area (Å²) in [6.07, 6.45) is 0.826. The minimum atomic E-state index is -0.828. The Labute approximate surface area is 101 Å². The molecule has 0 radical (unpaired) electrons. The molecule has 2 N–H and O–H groups in total.